The summed E-state index contributed by atoms with van der Waals surface area (Å²) in [6.45, 7) is 44.3. The zero-order valence-corrected chi connectivity index (χ0v) is 50.3. The van der Waals surface area contributed by atoms with Gasteiger partial charge >= 0.3 is 0 Å². The average molecular weight is 1020 g/mol. The monoisotopic (exact) mass is 1020 g/mol. The SMILES string of the molecule is CNc1ccc2ccc3c(S(=O)(=O)N(CCO[Si](C)(C)C(C)(C)C)CCO[Si](C)(C)C(C)(C)C)cc(S(=O)(=O)N(CCO[Si](C)(C)C(C)(C)C)CCO[Si](C)(C)C(C)(C)C)c4ccc1c2c34. The molecule has 0 heterocycles. The van der Waals surface area contributed by atoms with E-state index in [1.165, 1.54) is 14.7 Å². The number of benzene rings is 4. The first-order valence-electron chi connectivity index (χ1n) is 23.7. The molecule has 0 radical (unpaired) electrons. The molecule has 0 spiro atoms. The molecule has 17 heteroatoms. The third kappa shape index (κ3) is 12.0. The van der Waals surface area contributed by atoms with Crippen molar-refractivity contribution in [2.24, 2.45) is 0 Å². The molecule has 0 aliphatic rings. The molecule has 0 fully saturated rings. The van der Waals surface area contributed by atoms with E-state index in [1.807, 2.05) is 43.4 Å². The standard InChI is InChI=1S/C49H87N3O8S2Si4/c1-46(2,3)63(14,15)57-32-28-51(29-33-58-64(16,17)47(4,5)6)61(53,54)42-36-43(40-26-25-38-41(50-13)27-23-37-22-24-39(42)45(40)44(37)38)62(55,56)52(30-34-59-65(18,19)48(7,8)9)31-35-60-66(20,21)49(10,11)12/h22-27,36,50H,28-35H2,1-21H3. The van der Waals surface area contributed by atoms with E-state index in [1.54, 1.807) is 0 Å². The Balaban J connectivity index is 2.01. The van der Waals surface area contributed by atoms with E-state index in [0.29, 0.717) is 16.2 Å². The van der Waals surface area contributed by atoms with Crippen molar-refractivity contribution in [1.82, 2.24) is 8.61 Å². The maximum atomic E-state index is 15.7. The van der Waals surface area contributed by atoms with E-state index in [9.17, 15) is 0 Å². The third-order valence-corrected chi connectivity index (χ3v) is 37.7. The fourth-order valence-corrected chi connectivity index (χ4v) is 14.4. The lowest BCUT2D eigenvalue weighted by molar-refractivity contribution is 0.219. The van der Waals surface area contributed by atoms with Crippen LogP contribution in [0.15, 0.2) is 52.3 Å². The number of anilines is 1. The van der Waals surface area contributed by atoms with Crippen LogP contribution in [0, 0.1) is 0 Å². The maximum Gasteiger partial charge on any atom is 0.243 e. The molecule has 374 valence electrons. The van der Waals surface area contributed by atoms with Gasteiger partial charge < -0.3 is 23.0 Å². The maximum absolute atomic E-state index is 15.7. The van der Waals surface area contributed by atoms with Crippen molar-refractivity contribution in [1.29, 1.82) is 0 Å². The van der Waals surface area contributed by atoms with Crippen LogP contribution in [-0.4, -0.2) is 118 Å². The molecule has 0 unspecified atom stereocenters. The van der Waals surface area contributed by atoms with Crippen molar-refractivity contribution >= 4 is 91.3 Å². The minimum absolute atomic E-state index is 0.0625. The third-order valence-electron chi connectivity index (χ3n) is 15.6. The summed E-state index contributed by atoms with van der Waals surface area (Å²) in [5.41, 5.74) is 0.855. The highest BCUT2D eigenvalue weighted by molar-refractivity contribution is 7.90. The second-order valence-electron chi connectivity index (χ2n) is 24.2. The van der Waals surface area contributed by atoms with E-state index >= 15 is 16.8 Å². The van der Waals surface area contributed by atoms with Gasteiger partial charge in [0.25, 0.3) is 0 Å². The zero-order chi connectivity index (χ0) is 50.5. The Morgan fingerprint density at radius 1 is 0.455 bits per heavy atom. The predicted octanol–water partition coefficient (Wildman–Crippen LogP) is 12.7. The number of rotatable bonds is 21. The van der Waals surface area contributed by atoms with Crippen LogP contribution in [0.4, 0.5) is 5.69 Å². The lowest BCUT2D eigenvalue weighted by atomic mass is 9.93. The van der Waals surface area contributed by atoms with Crippen LogP contribution < -0.4 is 5.32 Å². The van der Waals surface area contributed by atoms with Crippen LogP contribution in [0.1, 0.15) is 83.1 Å². The van der Waals surface area contributed by atoms with Gasteiger partial charge in [0.1, 0.15) is 0 Å². The Bertz CT molecular complexity index is 2360. The first-order valence-corrected chi connectivity index (χ1v) is 38.2. The Morgan fingerprint density at radius 2 is 0.742 bits per heavy atom. The van der Waals surface area contributed by atoms with E-state index in [0.717, 1.165) is 21.8 Å². The minimum atomic E-state index is -4.39. The molecule has 0 atom stereocenters. The predicted molar refractivity (Wildman–Crippen MR) is 290 cm³/mol. The van der Waals surface area contributed by atoms with Crippen molar-refractivity contribution in [2.45, 2.75) is 165 Å². The Kier molecular flexibility index (Phi) is 17.1. The number of hydrogen-bond donors (Lipinski definition) is 1. The van der Waals surface area contributed by atoms with E-state index < -0.39 is 53.3 Å². The highest BCUT2D eigenvalue weighted by Crippen LogP contribution is 2.45. The van der Waals surface area contributed by atoms with Crippen LogP contribution >= 0.6 is 0 Å². The van der Waals surface area contributed by atoms with Gasteiger partial charge in [-0.3, -0.25) is 0 Å². The molecule has 0 aliphatic heterocycles. The summed E-state index contributed by atoms with van der Waals surface area (Å²) in [4.78, 5) is -0.125. The topological polar surface area (TPSA) is 124 Å². The number of sulfonamides is 2. The molecular formula is C49H87N3O8S2Si4. The van der Waals surface area contributed by atoms with Gasteiger partial charge in [-0.1, -0.05) is 113 Å². The smallest absolute Gasteiger partial charge is 0.243 e. The van der Waals surface area contributed by atoms with Gasteiger partial charge in [-0.25, -0.2) is 16.8 Å². The van der Waals surface area contributed by atoms with Gasteiger partial charge in [-0.15, -0.1) is 0 Å². The molecule has 0 amide bonds. The molecule has 1 N–H and O–H groups in total. The second-order valence-corrected chi connectivity index (χ2v) is 47.3. The van der Waals surface area contributed by atoms with Crippen molar-refractivity contribution in [2.75, 3.05) is 65.0 Å². The van der Waals surface area contributed by atoms with E-state index in [2.05, 4.69) is 141 Å². The fourth-order valence-electron chi connectivity index (χ4n) is 6.94. The summed E-state index contributed by atoms with van der Waals surface area (Å²) >= 11 is 0. The van der Waals surface area contributed by atoms with Gasteiger partial charge in [-0.2, -0.15) is 8.61 Å². The first-order chi connectivity index (χ1) is 29.7. The Hall–Kier alpha value is -1.75. The molecule has 11 nitrogen and oxygen atoms in total. The summed E-state index contributed by atoms with van der Waals surface area (Å²) in [5.74, 6) is 0. The van der Waals surface area contributed by atoms with Crippen LogP contribution in [0.25, 0.3) is 32.3 Å². The lowest BCUT2D eigenvalue weighted by Gasteiger charge is -2.38. The van der Waals surface area contributed by atoms with Gasteiger partial charge in [-0.05, 0) is 95.4 Å². The van der Waals surface area contributed by atoms with Crippen LogP contribution in [-0.2, 0) is 37.8 Å². The molecule has 0 saturated heterocycles. The quantitative estimate of drug-likeness (QED) is 0.0642. The van der Waals surface area contributed by atoms with Gasteiger partial charge in [0.2, 0.25) is 20.0 Å². The lowest BCUT2D eigenvalue weighted by Crippen LogP contribution is -2.46. The minimum Gasteiger partial charge on any atom is -0.415 e. The van der Waals surface area contributed by atoms with Gasteiger partial charge in [0.05, 0.1) is 9.79 Å². The fraction of sp³-hybridized carbons (Fsp3) is 0.673. The van der Waals surface area contributed by atoms with Crippen LogP contribution in [0.2, 0.25) is 72.5 Å². The summed E-state index contributed by atoms with van der Waals surface area (Å²) in [6.07, 6.45) is 0. The van der Waals surface area contributed by atoms with Crippen molar-refractivity contribution < 1.29 is 34.5 Å². The summed E-state index contributed by atoms with van der Waals surface area (Å²) < 4.78 is 92.1. The molecule has 0 aromatic heterocycles. The molecule has 4 aromatic rings. The zero-order valence-electron chi connectivity index (χ0n) is 44.7. The van der Waals surface area contributed by atoms with Crippen LogP contribution in [0.5, 0.6) is 0 Å². The van der Waals surface area contributed by atoms with Crippen molar-refractivity contribution in [3.63, 3.8) is 0 Å². The van der Waals surface area contributed by atoms with Gasteiger partial charge in [0, 0.05) is 86.9 Å². The number of hydrogen-bond acceptors (Lipinski definition) is 9. The van der Waals surface area contributed by atoms with Crippen molar-refractivity contribution in [3.8, 4) is 0 Å². The van der Waals surface area contributed by atoms with Crippen LogP contribution in [0.3, 0.4) is 0 Å². The van der Waals surface area contributed by atoms with Crippen molar-refractivity contribution in [3.05, 3.63) is 42.5 Å². The molecule has 0 aliphatic carbocycles. The summed E-state index contributed by atoms with van der Waals surface area (Å²) in [7, 11) is -16.0. The molecule has 0 saturated carbocycles. The largest absolute Gasteiger partial charge is 0.415 e. The second kappa shape index (κ2) is 19.8. The average Bonchev–Trinajstić information content (AvgIpc) is 3.16. The normalized spacial score (nSPS) is 14.8. The van der Waals surface area contributed by atoms with E-state index in [4.69, 9.17) is 17.7 Å². The molecule has 4 rings (SSSR count). The first kappa shape index (κ1) is 56.8. The summed E-state index contributed by atoms with van der Waals surface area (Å²) in [5, 5.41) is 7.03. The summed E-state index contributed by atoms with van der Waals surface area (Å²) in [6, 6.07) is 13.0. The van der Waals surface area contributed by atoms with E-state index in [-0.39, 0.29) is 82.6 Å². The number of nitrogens with one attached hydrogen (secondary N) is 1. The Morgan fingerprint density at radius 3 is 1.05 bits per heavy atom. The van der Waals surface area contributed by atoms with Gasteiger partial charge in [0.15, 0.2) is 33.3 Å². The highest BCUT2D eigenvalue weighted by Gasteiger charge is 2.42. The molecule has 66 heavy (non-hydrogen) atoms. The molecule has 4 aromatic carbocycles. The Labute approximate surface area is 405 Å². The number of nitrogens with zero attached hydrogens (tertiary/aromatic N) is 2. The highest BCUT2D eigenvalue weighted by atomic mass is 32.2. The molecule has 0 bridgehead atoms. The molecular weight excluding hydrogens is 935 g/mol.